The van der Waals surface area contributed by atoms with Crippen LogP contribution < -0.4 is 0 Å². The van der Waals surface area contributed by atoms with Crippen molar-refractivity contribution in [3.63, 3.8) is 0 Å². The summed E-state index contributed by atoms with van der Waals surface area (Å²) in [5.41, 5.74) is 1.75. The summed E-state index contributed by atoms with van der Waals surface area (Å²) in [5.74, 6) is 1.41. The number of fused-ring (bicyclic) bond motifs is 1. The number of aromatic nitrogens is 3. The fourth-order valence-corrected chi connectivity index (χ4v) is 4.64. The van der Waals surface area contributed by atoms with E-state index in [0.717, 1.165) is 23.4 Å². The van der Waals surface area contributed by atoms with Gasteiger partial charge in [-0.25, -0.2) is 18.4 Å². The van der Waals surface area contributed by atoms with Crippen molar-refractivity contribution in [2.45, 2.75) is 39.7 Å². The van der Waals surface area contributed by atoms with Crippen LogP contribution in [0, 0.1) is 5.41 Å². The van der Waals surface area contributed by atoms with Crippen LogP contribution in [0.2, 0.25) is 0 Å². The van der Waals surface area contributed by atoms with Crippen molar-refractivity contribution >= 4 is 21.0 Å². The second kappa shape index (κ2) is 4.80. The van der Waals surface area contributed by atoms with Crippen molar-refractivity contribution in [2.24, 2.45) is 5.41 Å². The van der Waals surface area contributed by atoms with E-state index in [4.69, 9.17) is 4.98 Å². The summed E-state index contributed by atoms with van der Waals surface area (Å²) < 4.78 is 25.7. The second-order valence-electron chi connectivity index (χ2n) is 7.04. The van der Waals surface area contributed by atoms with E-state index < -0.39 is 9.84 Å². The molecule has 5 nitrogen and oxygen atoms in total. The molecule has 21 heavy (non-hydrogen) atoms. The molecule has 1 atom stereocenters. The number of sulfone groups is 1. The highest BCUT2D eigenvalue weighted by Crippen LogP contribution is 2.31. The van der Waals surface area contributed by atoms with Crippen LogP contribution in [0.15, 0.2) is 18.3 Å². The molecule has 2 aromatic heterocycles. The lowest BCUT2D eigenvalue weighted by Crippen LogP contribution is -2.19. The fourth-order valence-electron chi connectivity index (χ4n) is 2.94. The van der Waals surface area contributed by atoms with E-state index in [-0.39, 0.29) is 23.0 Å². The maximum atomic E-state index is 11.8. The van der Waals surface area contributed by atoms with E-state index in [1.54, 1.807) is 6.20 Å². The summed E-state index contributed by atoms with van der Waals surface area (Å²) in [6, 6.07) is 3.77. The summed E-state index contributed by atoms with van der Waals surface area (Å²) in [4.78, 5) is 9.13. The third-order valence-electron chi connectivity index (χ3n) is 3.78. The van der Waals surface area contributed by atoms with E-state index >= 15 is 0 Å². The van der Waals surface area contributed by atoms with Gasteiger partial charge >= 0.3 is 0 Å². The SMILES string of the molecule is CC(C)(C)Cc1nc2cccnc2n1C1CCS(=O)(=O)C1. The Labute approximate surface area is 125 Å². The van der Waals surface area contributed by atoms with E-state index in [2.05, 4.69) is 30.3 Å². The van der Waals surface area contributed by atoms with Crippen LogP contribution >= 0.6 is 0 Å². The van der Waals surface area contributed by atoms with Crippen LogP contribution in [0.4, 0.5) is 0 Å². The fraction of sp³-hybridized carbons (Fsp3) is 0.600. The molecular weight excluding hydrogens is 286 g/mol. The van der Waals surface area contributed by atoms with Crippen LogP contribution in [0.3, 0.4) is 0 Å². The molecule has 1 aliphatic heterocycles. The summed E-state index contributed by atoms with van der Waals surface area (Å²) in [6.07, 6.45) is 3.20. The third-order valence-corrected chi connectivity index (χ3v) is 5.53. The highest BCUT2D eigenvalue weighted by atomic mass is 32.2. The molecule has 0 N–H and O–H groups in total. The first-order valence-corrected chi connectivity index (χ1v) is 9.10. The second-order valence-corrected chi connectivity index (χ2v) is 9.27. The Kier molecular flexibility index (Phi) is 3.31. The number of pyridine rings is 1. The van der Waals surface area contributed by atoms with Crippen molar-refractivity contribution < 1.29 is 8.42 Å². The Morgan fingerprint density at radius 3 is 2.76 bits per heavy atom. The van der Waals surface area contributed by atoms with Gasteiger partial charge in [-0.15, -0.1) is 0 Å². The van der Waals surface area contributed by atoms with E-state index in [1.807, 2.05) is 12.1 Å². The first-order valence-electron chi connectivity index (χ1n) is 7.27. The van der Waals surface area contributed by atoms with Gasteiger partial charge in [0.05, 0.1) is 17.5 Å². The molecule has 0 spiro atoms. The Hall–Kier alpha value is -1.43. The summed E-state index contributed by atoms with van der Waals surface area (Å²) in [7, 11) is -2.93. The number of rotatable bonds is 2. The van der Waals surface area contributed by atoms with Gasteiger partial charge in [-0.05, 0) is 24.0 Å². The standard InChI is InChI=1S/C15H21N3O2S/c1-15(2,3)9-13-17-12-5-4-7-16-14(12)18(13)11-6-8-21(19,20)10-11/h4-5,7,11H,6,8-10H2,1-3H3. The van der Waals surface area contributed by atoms with Gasteiger partial charge in [-0.1, -0.05) is 20.8 Å². The Bertz CT molecular complexity index is 772. The molecule has 2 aromatic rings. The Morgan fingerprint density at radius 1 is 1.38 bits per heavy atom. The topological polar surface area (TPSA) is 64.8 Å². The summed E-state index contributed by atoms with van der Waals surface area (Å²) in [5, 5.41) is 0. The average Bonchev–Trinajstić information content (AvgIpc) is 2.86. The maximum absolute atomic E-state index is 11.8. The average molecular weight is 307 g/mol. The molecule has 0 aromatic carbocycles. The van der Waals surface area contributed by atoms with E-state index in [9.17, 15) is 8.42 Å². The molecule has 0 radical (unpaired) electrons. The van der Waals surface area contributed by atoms with Crippen LogP contribution in [0.1, 0.15) is 39.1 Å². The number of imidazole rings is 1. The maximum Gasteiger partial charge on any atom is 0.160 e. The predicted molar refractivity (Wildman–Crippen MR) is 83.0 cm³/mol. The van der Waals surface area contributed by atoms with Crippen molar-refractivity contribution in [3.8, 4) is 0 Å². The molecular formula is C15H21N3O2S. The van der Waals surface area contributed by atoms with Gasteiger partial charge in [0.2, 0.25) is 0 Å². The van der Waals surface area contributed by atoms with Crippen molar-refractivity contribution in [1.82, 2.24) is 14.5 Å². The molecule has 114 valence electrons. The summed E-state index contributed by atoms with van der Waals surface area (Å²) >= 11 is 0. The highest BCUT2D eigenvalue weighted by Gasteiger charge is 2.32. The molecule has 1 fully saturated rings. The van der Waals surface area contributed by atoms with Gasteiger partial charge in [0.1, 0.15) is 11.3 Å². The first kappa shape index (κ1) is 14.5. The molecule has 1 saturated heterocycles. The number of nitrogens with zero attached hydrogens (tertiary/aromatic N) is 3. The zero-order valence-corrected chi connectivity index (χ0v) is 13.5. The van der Waals surface area contributed by atoms with Gasteiger partial charge < -0.3 is 4.57 Å². The highest BCUT2D eigenvalue weighted by molar-refractivity contribution is 7.91. The molecule has 0 bridgehead atoms. The lowest BCUT2D eigenvalue weighted by molar-refractivity contribution is 0.385. The zero-order valence-electron chi connectivity index (χ0n) is 12.7. The van der Waals surface area contributed by atoms with Crippen LogP contribution in [-0.2, 0) is 16.3 Å². The molecule has 1 aliphatic rings. The van der Waals surface area contributed by atoms with E-state index in [0.29, 0.717) is 6.42 Å². The molecule has 6 heteroatoms. The minimum Gasteiger partial charge on any atom is -0.309 e. The first-order chi connectivity index (χ1) is 9.75. The third kappa shape index (κ3) is 2.95. The Morgan fingerprint density at radius 2 is 2.14 bits per heavy atom. The molecule has 1 unspecified atom stereocenters. The molecule has 3 heterocycles. The van der Waals surface area contributed by atoms with Crippen molar-refractivity contribution in [2.75, 3.05) is 11.5 Å². The van der Waals surface area contributed by atoms with E-state index in [1.165, 1.54) is 0 Å². The van der Waals surface area contributed by atoms with Gasteiger partial charge in [0.15, 0.2) is 15.5 Å². The Balaban J connectivity index is 2.12. The quantitative estimate of drug-likeness (QED) is 0.854. The largest absolute Gasteiger partial charge is 0.309 e. The normalized spacial score (nSPS) is 22.0. The molecule has 3 rings (SSSR count). The van der Waals surface area contributed by atoms with Crippen molar-refractivity contribution in [3.05, 3.63) is 24.2 Å². The van der Waals surface area contributed by atoms with Crippen LogP contribution in [0.5, 0.6) is 0 Å². The molecule has 0 amide bonds. The smallest absolute Gasteiger partial charge is 0.160 e. The monoisotopic (exact) mass is 307 g/mol. The van der Waals surface area contributed by atoms with Gasteiger partial charge in [0, 0.05) is 12.6 Å². The molecule has 0 saturated carbocycles. The van der Waals surface area contributed by atoms with Crippen molar-refractivity contribution in [1.29, 1.82) is 0 Å². The number of hydrogen-bond acceptors (Lipinski definition) is 4. The lowest BCUT2D eigenvalue weighted by atomic mass is 9.92. The van der Waals surface area contributed by atoms with Gasteiger partial charge in [0.25, 0.3) is 0 Å². The van der Waals surface area contributed by atoms with Gasteiger partial charge in [-0.3, -0.25) is 0 Å². The van der Waals surface area contributed by atoms with Crippen LogP contribution in [-0.4, -0.2) is 34.5 Å². The predicted octanol–water partition coefficient (Wildman–Crippen LogP) is 2.38. The summed E-state index contributed by atoms with van der Waals surface area (Å²) in [6.45, 7) is 6.49. The zero-order chi connectivity index (χ0) is 15.3. The number of hydrogen-bond donors (Lipinski definition) is 0. The minimum absolute atomic E-state index is 0.0350. The lowest BCUT2D eigenvalue weighted by Gasteiger charge is -2.21. The minimum atomic E-state index is -2.93. The van der Waals surface area contributed by atoms with Crippen LogP contribution in [0.25, 0.3) is 11.2 Å². The van der Waals surface area contributed by atoms with Gasteiger partial charge in [-0.2, -0.15) is 0 Å². The molecule has 0 aliphatic carbocycles.